The van der Waals surface area contributed by atoms with Crippen molar-refractivity contribution in [3.63, 3.8) is 0 Å². The third-order valence-corrected chi connectivity index (χ3v) is 7.96. The van der Waals surface area contributed by atoms with Gasteiger partial charge in [0.15, 0.2) is 4.87 Å². The summed E-state index contributed by atoms with van der Waals surface area (Å²) in [5, 5.41) is 0. The highest BCUT2D eigenvalue weighted by Crippen LogP contribution is 2.55. The summed E-state index contributed by atoms with van der Waals surface area (Å²) in [6.07, 6.45) is -4.49. The molecule has 36 heavy (non-hydrogen) atoms. The van der Waals surface area contributed by atoms with Crippen molar-refractivity contribution in [2.45, 2.75) is 24.5 Å². The van der Waals surface area contributed by atoms with E-state index in [1.54, 1.807) is 41.3 Å². The van der Waals surface area contributed by atoms with Crippen LogP contribution in [0.5, 0.6) is 5.75 Å². The predicted octanol–water partition coefficient (Wildman–Crippen LogP) is 5.61. The number of nitrogens with zero attached hydrogens (tertiary/aromatic N) is 2. The highest BCUT2D eigenvalue weighted by molar-refractivity contribution is 8.01. The van der Waals surface area contributed by atoms with E-state index in [0.29, 0.717) is 40.4 Å². The fourth-order valence-electron chi connectivity index (χ4n) is 4.76. The van der Waals surface area contributed by atoms with Gasteiger partial charge in [-0.25, -0.2) is 0 Å². The Labute approximate surface area is 210 Å². The van der Waals surface area contributed by atoms with Crippen molar-refractivity contribution in [3.8, 4) is 5.75 Å². The molecule has 1 fully saturated rings. The van der Waals surface area contributed by atoms with Crippen LogP contribution in [0.2, 0.25) is 0 Å². The predicted molar refractivity (Wildman–Crippen MR) is 132 cm³/mol. The molecule has 2 amide bonds. The Hall–Kier alpha value is -3.46. The van der Waals surface area contributed by atoms with E-state index < -0.39 is 16.6 Å². The quantitative estimate of drug-likeness (QED) is 0.456. The summed E-state index contributed by atoms with van der Waals surface area (Å²) < 4.78 is 45.3. The van der Waals surface area contributed by atoms with E-state index in [-0.39, 0.29) is 18.4 Å². The lowest BCUT2D eigenvalue weighted by Crippen LogP contribution is -2.50. The third-order valence-electron chi connectivity index (χ3n) is 6.54. The number of hydrogen-bond acceptors (Lipinski definition) is 4. The molecule has 1 atom stereocenters. The van der Waals surface area contributed by atoms with Gasteiger partial charge in [-0.05, 0) is 55.0 Å². The van der Waals surface area contributed by atoms with Crippen LogP contribution in [-0.2, 0) is 22.4 Å². The van der Waals surface area contributed by atoms with Crippen LogP contribution in [0, 0.1) is 6.92 Å². The monoisotopic (exact) mass is 512 g/mol. The van der Waals surface area contributed by atoms with Gasteiger partial charge in [-0.1, -0.05) is 29.8 Å². The molecule has 5 nitrogen and oxygen atoms in total. The van der Waals surface area contributed by atoms with Crippen LogP contribution < -0.4 is 9.64 Å². The second-order valence-corrected chi connectivity index (χ2v) is 10.1. The zero-order chi connectivity index (χ0) is 25.7. The molecular formula is C27H23F3N2O3S. The molecule has 0 saturated carbocycles. The number of anilines is 1. The van der Waals surface area contributed by atoms with Gasteiger partial charge in [-0.3, -0.25) is 9.59 Å². The van der Waals surface area contributed by atoms with Gasteiger partial charge in [0, 0.05) is 23.4 Å². The molecule has 3 aromatic carbocycles. The highest BCUT2D eigenvalue weighted by Gasteiger charge is 2.59. The van der Waals surface area contributed by atoms with Gasteiger partial charge in [-0.2, -0.15) is 13.2 Å². The Morgan fingerprint density at radius 1 is 1.08 bits per heavy atom. The molecule has 0 radical (unpaired) electrons. The number of hydrogen-bond donors (Lipinski definition) is 0. The molecule has 2 heterocycles. The van der Waals surface area contributed by atoms with E-state index in [4.69, 9.17) is 4.74 Å². The number of rotatable bonds is 4. The maximum absolute atomic E-state index is 14.1. The lowest BCUT2D eigenvalue weighted by Gasteiger charge is -2.33. The van der Waals surface area contributed by atoms with Crippen molar-refractivity contribution >= 4 is 29.3 Å². The van der Waals surface area contributed by atoms with Gasteiger partial charge >= 0.3 is 6.18 Å². The minimum absolute atomic E-state index is 0.0586. The van der Waals surface area contributed by atoms with Crippen LogP contribution in [0.25, 0.3) is 0 Å². The summed E-state index contributed by atoms with van der Waals surface area (Å²) >= 11 is 1.36. The molecule has 186 valence electrons. The second-order valence-electron chi connectivity index (χ2n) is 8.79. The minimum Gasteiger partial charge on any atom is -0.497 e. The fourth-order valence-corrected chi connectivity index (χ4v) is 6.21. The van der Waals surface area contributed by atoms with Crippen molar-refractivity contribution in [1.29, 1.82) is 0 Å². The number of carbonyl (C=O) groups excluding carboxylic acids is 2. The first kappa shape index (κ1) is 24.2. The molecule has 0 aliphatic carbocycles. The van der Waals surface area contributed by atoms with Crippen LogP contribution in [0.15, 0.2) is 66.7 Å². The first-order valence-electron chi connectivity index (χ1n) is 11.3. The van der Waals surface area contributed by atoms with E-state index in [9.17, 15) is 22.8 Å². The topological polar surface area (TPSA) is 49.9 Å². The Balaban J connectivity index is 1.58. The summed E-state index contributed by atoms with van der Waals surface area (Å²) in [5.74, 6) is 0.434. The van der Waals surface area contributed by atoms with E-state index in [2.05, 4.69) is 0 Å². The normalized spacial score (nSPS) is 19.2. The van der Waals surface area contributed by atoms with Crippen LogP contribution in [-0.4, -0.2) is 36.1 Å². The molecule has 0 N–H and O–H groups in total. The van der Waals surface area contributed by atoms with Crippen molar-refractivity contribution in [2.75, 3.05) is 24.3 Å². The smallest absolute Gasteiger partial charge is 0.416 e. The number of fused-ring (bicyclic) bond motifs is 2. The summed E-state index contributed by atoms with van der Waals surface area (Å²) in [6, 6.07) is 17.3. The number of ether oxygens (including phenoxy) is 1. The maximum atomic E-state index is 14.1. The number of amides is 2. The average molecular weight is 513 g/mol. The van der Waals surface area contributed by atoms with Crippen molar-refractivity contribution in [2.24, 2.45) is 0 Å². The Morgan fingerprint density at radius 3 is 2.53 bits per heavy atom. The molecule has 1 unspecified atom stereocenters. The molecule has 1 spiro atoms. The third kappa shape index (κ3) is 3.91. The minimum atomic E-state index is -4.49. The number of methoxy groups -OCH3 is 1. The van der Waals surface area contributed by atoms with Crippen LogP contribution in [0.3, 0.4) is 0 Å². The number of alkyl halides is 3. The number of aryl methyl sites for hydroxylation is 1. The van der Waals surface area contributed by atoms with Crippen LogP contribution in [0.4, 0.5) is 18.9 Å². The van der Waals surface area contributed by atoms with Crippen molar-refractivity contribution in [1.82, 2.24) is 4.90 Å². The van der Waals surface area contributed by atoms with Crippen LogP contribution in [0.1, 0.15) is 32.6 Å². The zero-order valence-corrected chi connectivity index (χ0v) is 20.4. The van der Waals surface area contributed by atoms with Gasteiger partial charge in [0.2, 0.25) is 0 Å². The first-order valence-corrected chi connectivity index (χ1v) is 12.3. The van der Waals surface area contributed by atoms with Gasteiger partial charge < -0.3 is 14.5 Å². The Bertz CT molecular complexity index is 1340. The average Bonchev–Trinajstić information content (AvgIpc) is 3.40. The fraction of sp³-hybridized carbons (Fsp3) is 0.259. The van der Waals surface area contributed by atoms with Crippen molar-refractivity contribution < 1.29 is 27.5 Å². The molecule has 5 rings (SSSR count). The number of carbonyl (C=O) groups is 2. The van der Waals surface area contributed by atoms with Gasteiger partial charge in [0.1, 0.15) is 5.75 Å². The number of benzene rings is 3. The van der Waals surface area contributed by atoms with E-state index in [1.165, 1.54) is 29.8 Å². The summed E-state index contributed by atoms with van der Waals surface area (Å²) in [5.41, 5.74) is 2.20. The summed E-state index contributed by atoms with van der Waals surface area (Å²) in [4.78, 5) is 29.5. The maximum Gasteiger partial charge on any atom is 0.416 e. The molecular weight excluding hydrogens is 489 g/mol. The molecule has 0 bridgehead atoms. The van der Waals surface area contributed by atoms with E-state index in [0.717, 1.165) is 17.7 Å². The molecule has 0 aromatic heterocycles. The van der Waals surface area contributed by atoms with Gasteiger partial charge in [0.25, 0.3) is 11.8 Å². The number of thioether (sulfide) groups is 1. The molecule has 2 aliphatic heterocycles. The highest BCUT2D eigenvalue weighted by atomic mass is 32.2. The Morgan fingerprint density at radius 2 is 1.83 bits per heavy atom. The van der Waals surface area contributed by atoms with Gasteiger partial charge in [0.05, 0.1) is 24.9 Å². The lowest BCUT2D eigenvalue weighted by atomic mass is 10.0. The molecule has 9 heteroatoms. The Kier molecular flexibility index (Phi) is 5.98. The first-order chi connectivity index (χ1) is 17.1. The molecule has 3 aromatic rings. The summed E-state index contributed by atoms with van der Waals surface area (Å²) in [7, 11) is 1.52. The standard InChI is InChI=1S/C27H23F3N2O3S/c1-17-6-8-19(9-7-17)24(33)32-12-13-36-26(32)22-15-21(35-2)10-11-23(22)31(25(26)34)16-18-4-3-5-20(14-18)27(28,29)30/h3-11,14-15H,12-13,16H2,1-2H3. The number of halogens is 3. The SMILES string of the molecule is COc1ccc2c(c1)C1(SCCN1C(=O)c1ccc(C)cc1)C(=O)N2Cc1cccc(C(F)(F)F)c1. The van der Waals surface area contributed by atoms with Gasteiger partial charge in [-0.15, -0.1) is 11.8 Å². The van der Waals surface area contributed by atoms with Crippen molar-refractivity contribution in [3.05, 3.63) is 94.5 Å². The second kappa shape index (κ2) is 8.89. The summed E-state index contributed by atoms with van der Waals surface area (Å²) in [6.45, 7) is 2.23. The molecule has 1 saturated heterocycles. The van der Waals surface area contributed by atoms with E-state index >= 15 is 0 Å². The van der Waals surface area contributed by atoms with Crippen LogP contribution >= 0.6 is 11.8 Å². The van der Waals surface area contributed by atoms with E-state index in [1.807, 2.05) is 19.1 Å². The zero-order valence-electron chi connectivity index (χ0n) is 19.6. The lowest BCUT2D eigenvalue weighted by molar-refractivity contribution is -0.137. The largest absolute Gasteiger partial charge is 0.497 e. The molecule has 2 aliphatic rings.